The first-order valence-corrected chi connectivity index (χ1v) is 6.77. The molecule has 0 radical (unpaired) electrons. The summed E-state index contributed by atoms with van der Waals surface area (Å²) in [6.45, 7) is 4.84. The van der Waals surface area contributed by atoms with Gasteiger partial charge in [-0.2, -0.15) is 0 Å². The van der Waals surface area contributed by atoms with Gasteiger partial charge in [-0.1, -0.05) is 13.0 Å². The van der Waals surface area contributed by atoms with Gasteiger partial charge in [-0.25, -0.2) is 4.39 Å². The molecule has 3 nitrogen and oxygen atoms in total. The molecule has 2 rings (SSSR count). The molecular weight excluding hydrogens is 257 g/mol. The molecule has 1 heterocycles. The molecule has 1 atom stereocenters. The van der Waals surface area contributed by atoms with Crippen LogP contribution in [0, 0.1) is 12.7 Å². The topological polar surface area (TPSA) is 34.4 Å². The summed E-state index contributed by atoms with van der Waals surface area (Å²) in [5.41, 5.74) is 1.86. The van der Waals surface area contributed by atoms with E-state index in [0.29, 0.717) is 0 Å². The maximum Gasteiger partial charge on any atom is 0.165 e. The fraction of sp³-hybridized carbons (Fsp3) is 0.375. The number of aryl methyl sites for hydroxylation is 1. The summed E-state index contributed by atoms with van der Waals surface area (Å²) in [4.78, 5) is 0. The van der Waals surface area contributed by atoms with Crippen molar-refractivity contribution >= 4 is 0 Å². The number of benzene rings is 1. The lowest BCUT2D eigenvalue weighted by Crippen LogP contribution is -2.22. The zero-order chi connectivity index (χ0) is 14.5. The van der Waals surface area contributed by atoms with Crippen LogP contribution in [0.3, 0.4) is 0 Å². The summed E-state index contributed by atoms with van der Waals surface area (Å²) in [5.74, 6) is 0.747. The fourth-order valence-electron chi connectivity index (χ4n) is 2.19. The molecule has 0 aliphatic heterocycles. The maximum absolute atomic E-state index is 13.9. The van der Waals surface area contributed by atoms with E-state index in [1.54, 1.807) is 12.3 Å². The van der Waals surface area contributed by atoms with Crippen LogP contribution in [0.4, 0.5) is 4.39 Å². The van der Waals surface area contributed by atoms with Gasteiger partial charge in [0.15, 0.2) is 11.6 Å². The Labute approximate surface area is 118 Å². The van der Waals surface area contributed by atoms with Crippen LogP contribution in [-0.2, 0) is 0 Å². The van der Waals surface area contributed by atoms with Crippen LogP contribution < -0.4 is 10.1 Å². The zero-order valence-electron chi connectivity index (χ0n) is 12.1. The Morgan fingerprint density at radius 1 is 1.30 bits per heavy atom. The number of hydrogen-bond donors (Lipinski definition) is 1. The van der Waals surface area contributed by atoms with Crippen molar-refractivity contribution in [2.24, 2.45) is 0 Å². The highest BCUT2D eigenvalue weighted by Crippen LogP contribution is 2.27. The van der Waals surface area contributed by atoms with Gasteiger partial charge in [-0.15, -0.1) is 0 Å². The highest BCUT2D eigenvalue weighted by Gasteiger charge is 2.17. The van der Waals surface area contributed by atoms with Crippen molar-refractivity contribution in [3.05, 3.63) is 53.2 Å². The van der Waals surface area contributed by atoms with E-state index in [9.17, 15) is 4.39 Å². The monoisotopic (exact) mass is 277 g/mol. The Bertz CT molecular complexity index is 565. The van der Waals surface area contributed by atoms with Gasteiger partial charge in [-0.05, 0) is 43.7 Å². The molecule has 0 aliphatic rings. The molecule has 20 heavy (non-hydrogen) atoms. The number of methoxy groups -OCH3 is 1. The lowest BCUT2D eigenvalue weighted by molar-refractivity contribution is 0.385. The first-order valence-electron chi connectivity index (χ1n) is 6.77. The summed E-state index contributed by atoms with van der Waals surface area (Å²) in [6, 6.07) is 6.92. The zero-order valence-corrected chi connectivity index (χ0v) is 12.1. The van der Waals surface area contributed by atoms with E-state index in [-0.39, 0.29) is 17.6 Å². The van der Waals surface area contributed by atoms with Crippen LogP contribution in [0.1, 0.15) is 36.3 Å². The first-order chi connectivity index (χ1) is 9.65. The third-order valence-corrected chi connectivity index (χ3v) is 3.19. The number of furan rings is 1. The minimum atomic E-state index is -0.353. The van der Waals surface area contributed by atoms with Crippen molar-refractivity contribution in [1.29, 1.82) is 0 Å². The number of hydrogen-bond acceptors (Lipinski definition) is 3. The van der Waals surface area contributed by atoms with Crippen LogP contribution in [0.2, 0.25) is 0 Å². The van der Waals surface area contributed by atoms with E-state index in [2.05, 4.69) is 12.2 Å². The highest BCUT2D eigenvalue weighted by atomic mass is 19.1. The van der Waals surface area contributed by atoms with Crippen LogP contribution in [0.5, 0.6) is 5.75 Å². The molecule has 1 unspecified atom stereocenters. The van der Waals surface area contributed by atoms with E-state index < -0.39 is 0 Å². The Morgan fingerprint density at radius 2 is 2.10 bits per heavy atom. The second kappa shape index (κ2) is 6.57. The molecule has 0 spiro atoms. The molecule has 0 bridgehead atoms. The maximum atomic E-state index is 13.9. The van der Waals surface area contributed by atoms with Crippen molar-refractivity contribution in [3.8, 4) is 5.75 Å². The average Bonchev–Trinajstić information content (AvgIpc) is 2.86. The lowest BCUT2D eigenvalue weighted by atomic mass is 10.0. The van der Waals surface area contributed by atoms with Gasteiger partial charge in [0.05, 0.1) is 19.4 Å². The van der Waals surface area contributed by atoms with E-state index in [1.165, 1.54) is 13.2 Å². The largest absolute Gasteiger partial charge is 0.494 e. The van der Waals surface area contributed by atoms with Crippen molar-refractivity contribution < 1.29 is 13.5 Å². The van der Waals surface area contributed by atoms with Crippen molar-refractivity contribution in [3.63, 3.8) is 0 Å². The van der Waals surface area contributed by atoms with Gasteiger partial charge in [0.1, 0.15) is 5.76 Å². The van der Waals surface area contributed by atoms with E-state index in [0.717, 1.165) is 29.9 Å². The van der Waals surface area contributed by atoms with Gasteiger partial charge in [0.25, 0.3) is 0 Å². The average molecular weight is 277 g/mol. The Kier molecular flexibility index (Phi) is 4.79. The van der Waals surface area contributed by atoms with Crippen molar-refractivity contribution in [2.75, 3.05) is 13.7 Å². The number of ether oxygens (including phenoxy) is 1. The molecule has 2 aromatic rings. The lowest BCUT2D eigenvalue weighted by Gasteiger charge is -2.18. The minimum Gasteiger partial charge on any atom is -0.494 e. The molecule has 4 heteroatoms. The summed E-state index contributed by atoms with van der Waals surface area (Å²) >= 11 is 0. The molecule has 108 valence electrons. The SMILES string of the molecule is CCCNC(c1coc(C)c1)c1ccc(OC)c(F)c1. The van der Waals surface area contributed by atoms with E-state index >= 15 is 0 Å². The fourth-order valence-corrected chi connectivity index (χ4v) is 2.19. The molecule has 0 saturated carbocycles. The summed E-state index contributed by atoms with van der Waals surface area (Å²) in [5, 5.41) is 3.41. The van der Waals surface area contributed by atoms with Gasteiger partial charge in [-0.3, -0.25) is 0 Å². The van der Waals surface area contributed by atoms with Gasteiger partial charge in [0, 0.05) is 5.56 Å². The summed E-state index contributed by atoms with van der Waals surface area (Å²) < 4.78 is 24.2. The third-order valence-electron chi connectivity index (χ3n) is 3.19. The number of halogens is 1. The standard InChI is InChI=1S/C16H20FNO2/c1-4-7-18-16(13-8-11(2)20-10-13)12-5-6-15(19-3)14(17)9-12/h5-6,8-10,16,18H,4,7H2,1-3H3. The molecule has 0 amide bonds. The van der Waals surface area contributed by atoms with Crippen LogP contribution in [0.25, 0.3) is 0 Å². The Balaban J connectivity index is 2.33. The van der Waals surface area contributed by atoms with Crippen LogP contribution in [0.15, 0.2) is 34.9 Å². The highest BCUT2D eigenvalue weighted by molar-refractivity contribution is 5.36. The van der Waals surface area contributed by atoms with Crippen molar-refractivity contribution in [2.45, 2.75) is 26.3 Å². The third kappa shape index (κ3) is 3.20. The van der Waals surface area contributed by atoms with Crippen LogP contribution in [-0.4, -0.2) is 13.7 Å². The van der Waals surface area contributed by atoms with Crippen molar-refractivity contribution in [1.82, 2.24) is 5.32 Å². The van der Waals surface area contributed by atoms with E-state index in [4.69, 9.17) is 9.15 Å². The van der Waals surface area contributed by atoms with Gasteiger partial charge in [0.2, 0.25) is 0 Å². The van der Waals surface area contributed by atoms with E-state index in [1.807, 2.05) is 19.1 Å². The minimum absolute atomic E-state index is 0.0761. The smallest absolute Gasteiger partial charge is 0.165 e. The Morgan fingerprint density at radius 3 is 2.65 bits per heavy atom. The predicted octanol–water partition coefficient (Wildman–Crippen LogP) is 3.82. The molecule has 1 N–H and O–H groups in total. The van der Waals surface area contributed by atoms with Gasteiger partial charge < -0.3 is 14.5 Å². The van der Waals surface area contributed by atoms with Gasteiger partial charge >= 0.3 is 0 Å². The molecular formula is C16H20FNO2. The molecule has 0 saturated heterocycles. The first kappa shape index (κ1) is 14.6. The molecule has 1 aromatic carbocycles. The Hall–Kier alpha value is -1.81. The molecule has 0 fully saturated rings. The summed E-state index contributed by atoms with van der Waals surface area (Å²) in [7, 11) is 1.46. The quantitative estimate of drug-likeness (QED) is 0.871. The second-order valence-corrected chi connectivity index (χ2v) is 4.77. The normalized spacial score (nSPS) is 12.4. The number of nitrogens with one attached hydrogen (secondary N) is 1. The molecule has 0 aliphatic carbocycles. The second-order valence-electron chi connectivity index (χ2n) is 4.77. The van der Waals surface area contributed by atoms with Crippen LogP contribution >= 0.6 is 0 Å². The summed E-state index contributed by atoms with van der Waals surface area (Å²) in [6.07, 6.45) is 2.72. The molecule has 1 aromatic heterocycles. The number of rotatable bonds is 6. The predicted molar refractivity (Wildman–Crippen MR) is 76.5 cm³/mol.